The van der Waals surface area contributed by atoms with Crippen molar-refractivity contribution in [3.05, 3.63) is 72.3 Å². The molecule has 0 aliphatic carbocycles. The second-order valence-corrected chi connectivity index (χ2v) is 6.97. The number of carbonyl (C=O) groups is 1. The predicted molar refractivity (Wildman–Crippen MR) is 96.0 cm³/mol. The maximum atomic E-state index is 12.3. The first kappa shape index (κ1) is 18.7. The fourth-order valence-corrected chi connectivity index (χ4v) is 3.13. The molecule has 2 aromatic rings. The monoisotopic (exact) mass is 360 g/mol. The van der Waals surface area contributed by atoms with Gasteiger partial charge in [0.1, 0.15) is 5.75 Å². The summed E-state index contributed by atoms with van der Waals surface area (Å²) in [5, 5.41) is 2.76. The van der Waals surface area contributed by atoms with Gasteiger partial charge in [-0.25, -0.2) is 13.1 Å². The Morgan fingerprint density at radius 1 is 1.20 bits per heavy atom. The molecule has 0 aromatic heterocycles. The van der Waals surface area contributed by atoms with Gasteiger partial charge in [-0.1, -0.05) is 24.3 Å². The fraction of sp³-hybridized carbons (Fsp3) is 0.167. The lowest BCUT2D eigenvalue weighted by atomic mass is 10.2. The lowest BCUT2D eigenvalue weighted by molar-refractivity contribution is 0.0950. The molecule has 1 amide bonds. The van der Waals surface area contributed by atoms with Gasteiger partial charge in [0.2, 0.25) is 10.0 Å². The molecule has 25 heavy (non-hydrogen) atoms. The van der Waals surface area contributed by atoms with Crippen molar-refractivity contribution in [1.82, 2.24) is 10.0 Å². The smallest absolute Gasteiger partial charge is 0.251 e. The number of ether oxygens (including phenoxy) is 1. The molecular formula is C18H20N2O4S. The first-order valence-corrected chi connectivity index (χ1v) is 9.06. The van der Waals surface area contributed by atoms with Crippen LogP contribution in [0.1, 0.15) is 15.9 Å². The Hall–Kier alpha value is -2.64. The van der Waals surface area contributed by atoms with Crippen LogP contribution in [-0.2, 0) is 16.6 Å². The highest BCUT2D eigenvalue weighted by molar-refractivity contribution is 7.89. The van der Waals surface area contributed by atoms with Crippen molar-refractivity contribution >= 4 is 15.9 Å². The summed E-state index contributed by atoms with van der Waals surface area (Å²) < 4.78 is 31.7. The van der Waals surface area contributed by atoms with Crippen molar-refractivity contribution in [1.29, 1.82) is 0 Å². The van der Waals surface area contributed by atoms with Gasteiger partial charge in [0.05, 0.1) is 12.0 Å². The molecule has 7 heteroatoms. The number of rotatable bonds is 8. The Kier molecular flexibility index (Phi) is 6.32. The minimum absolute atomic E-state index is 0.0337. The predicted octanol–water partition coefficient (Wildman–Crippen LogP) is 2.09. The summed E-state index contributed by atoms with van der Waals surface area (Å²) in [5.74, 6) is 0.386. The first-order chi connectivity index (χ1) is 12.0. The van der Waals surface area contributed by atoms with Gasteiger partial charge in [0.25, 0.3) is 5.91 Å². The molecule has 0 bridgehead atoms. The summed E-state index contributed by atoms with van der Waals surface area (Å²) in [6.45, 7) is 3.92. The normalized spacial score (nSPS) is 10.9. The van der Waals surface area contributed by atoms with Crippen LogP contribution in [0.5, 0.6) is 5.75 Å². The Morgan fingerprint density at radius 3 is 2.56 bits per heavy atom. The minimum Gasteiger partial charge on any atom is -0.497 e. The number of hydrogen-bond donors (Lipinski definition) is 2. The second-order valence-electron chi connectivity index (χ2n) is 5.20. The van der Waals surface area contributed by atoms with E-state index in [1.807, 2.05) is 12.1 Å². The first-order valence-electron chi connectivity index (χ1n) is 7.58. The molecule has 0 saturated carbocycles. The Balaban J connectivity index is 2.06. The molecule has 0 fully saturated rings. The summed E-state index contributed by atoms with van der Waals surface area (Å²) in [5.41, 5.74) is 1.18. The molecule has 0 radical (unpaired) electrons. The van der Waals surface area contributed by atoms with Crippen molar-refractivity contribution < 1.29 is 17.9 Å². The van der Waals surface area contributed by atoms with Gasteiger partial charge < -0.3 is 10.1 Å². The molecule has 0 spiro atoms. The van der Waals surface area contributed by atoms with Crippen molar-refractivity contribution in [3.63, 3.8) is 0 Å². The van der Waals surface area contributed by atoms with E-state index in [-0.39, 0.29) is 22.9 Å². The molecular weight excluding hydrogens is 340 g/mol. The van der Waals surface area contributed by atoms with E-state index in [9.17, 15) is 13.2 Å². The zero-order valence-electron chi connectivity index (χ0n) is 13.9. The van der Waals surface area contributed by atoms with Crippen LogP contribution in [0.15, 0.2) is 66.1 Å². The molecule has 0 aliphatic heterocycles. The Bertz CT molecular complexity index is 846. The van der Waals surface area contributed by atoms with Crippen molar-refractivity contribution in [2.45, 2.75) is 11.4 Å². The number of amides is 1. The van der Waals surface area contributed by atoms with Gasteiger partial charge in [-0.3, -0.25) is 4.79 Å². The zero-order chi connectivity index (χ0) is 18.3. The molecule has 2 aromatic carbocycles. The molecule has 0 unspecified atom stereocenters. The lowest BCUT2D eigenvalue weighted by Crippen LogP contribution is -2.25. The highest BCUT2D eigenvalue weighted by atomic mass is 32.2. The van der Waals surface area contributed by atoms with Gasteiger partial charge in [0, 0.05) is 18.7 Å². The molecule has 0 aliphatic rings. The maximum absolute atomic E-state index is 12.3. The Labute approximate surface area is 147 Å². The van der Waals surface area contributed by atoms with Crippen LogP contribution in [0, 0.1) is 0 Å². The van der Waals surface area contributed by atoms with Crippen LogP contribution in [-0.4, -0.2) is 28.0 Å². The average molecular weight is 360 g/mol. The molecule has 0 atom stereocenters. The van der Waals surface area contributed by atoms with E-state index in [0.29, 0.717) is 6.54 Å². The van der Waals surface area contributed by atoms with E-state index in [1.54, 1.807) is 25.3 Å². The average Bonchev–Trinajstić information content (AvgIpc) is 2.65. The number of sulfonamides is 1. The van der Waals surface area contributed by atoms with E-state index in [2.05, 4.69) is 16.6 Å². The third-order valence-electron chi connectivity index (χ3n) is 3.44. The highest BCUT2D eigenvalue weighted by Gasteiger charge is 2.15. The molecule has 0 heterocycles. The van der Waals surface area contributed by atoms with Crippen LogP contribution in [0.25, 0.3) is 0 Å². The zero-order valence-corrected chi connectivity index (χ0v) is 14.7. The molecule has 0 saturated heterocycles. The van der Waals surface area contributed by atoms with Crippen LogP contribution < -0.4 is 14.8 Å². The number of benzene rings is 2. The fourth-order valence-electron chi connectivity index (χ4n) is 2.08. The van der Waals surface area contributed by atoms with Crippen molar-refractivity contribution in [2.75, 3.05) is 13.7 Å². The van der Waals surface area contributed by atoms with E-state index in [1.165, 1.54) is 24.3 Å². The van der Waals surface area contributed by atoms with E-state index < -0.39 is 10.0 Å². The molecule has 2 N–H and O–H groups in total. The molecule has 132 valence electrons. The molecule has 2 rings (SSSR count). The van der Waals surface area contributed by atoms with Gasteiger partial charge in [-0.05, 0) is 35.9 Å². The van der Waals surface area contributed by atoms with Gasteiger partial charge in [-0.15, -0.1) is 6.58 Å². The maximum Gasteiger partial charge on any atom is 0.251 e. The Morgan fingerprint density at radius 2 is 1.92 bits per heavy atom. The van der Waals surface area contributed by atoms with E-state index in [0.717, 1.165) is 11.3 Å². The van der Waals surface area contributed by atoms with Gasteiger partial charge >= 0.3 is 0 Å². The summed E-state index contributed by atoms with van der Waals surface area (Å²) in [7, 11) is -2.08. The summed E-state index contributed by atoms with van der Waals surface area (Å²) in [4.78, 5) is 12.3. The van der Waals surface area contributed by atoms with Gasteiger partial charge in [0.15, 0.2) is 0 Å². The van der Waals surface area contributed by atoms with Crippen molar-refractivity contribution in [2.24, 2.45) is 0 Å². The van der Waals surface area contributed by atoms with Crippen LogP contribution in [0.2, 0.25) is 0 Å². The van der Waals surface area contributed by atoms with Crippen molar-refractivity contribution in [3.8, 4) is 5.75 Å². The van der Waals surface area contributed by atoms with Crippen LogP contribution in [0.3, 0.4) is 0 Å². The number of hydrogen-bond acceptors (Lipinski definition) is 4. The third-order valence-corrected chi connectivity index (χ3v) is 4.86. The standard InChI is InChI=1S/C18H20N2O4S/c1-3-11-20-25(22,23)17-6-4-5-15(12-17)18(21)19-13-14-7-9-16(24-2)10-8-14/h3-10,12,20H,1,11,13H2,2H3,(H,19,21). The van der Waals surface area contributed by atoms with Crippen LogP contribution >= 0.6 is 0 Å². The number of nitrogens with one attached hydrogen (secondary N) is 2. The van der Waals surface area contributed by atoms with E-state index in [4.69, 9.17) is 4.74 Å². The summed E-state index contributed by atoms with van der Waals surface area (Å²) >= 11 is 0. The molecule has 6 nitrogen and oxygen atoms in total. The number of methoxy groups -OCH3 is 1. The second kappa shape index (κ2) is 8.46. The topological polar surface area (TPSA) is 84.5 Å². The quantitative estimate of drug-likeness (QED) is 0.706. The lowest BCUT2D eigenvalue weighted by Gasteiger charge is -2.09. The summed E-state index contributed by atoms with van der Waals surface area (Å²) in [6, 6.07) is 13.2. The highest BCUT2D eigenvalue weighted by Crippen LogP contribution is 2.13. The van der Waals surface area contributed by atoms with Crippen LogP contribution in [0.4, 0.5) is 0 Å². The largest absolute Gasteiger partial charge is 0.497 e. The third kappa shape index (κ3) is 5.17. The van der Waals surface area contributed by atoms with Gasteiger partial charge in [-0.2, -0.15) is 0 Å². The SMILES string of the molecule is C=CCNS(=O)(=O)c1cccc(C(=O)NCc2ccc(OC)cc2)c1. The summed E-state index contributed by atoms with van der Waals surface area (Å²) in [6.07, 6.45) is 1.45. The minimum atomic E-state index is -3.67. The van der Waals surface area contributed by atoms with E-state index >= 15 is 0 Å². The number of carbonyl (C=O) groups excluding carboxylic acids is 1.